The molecule has 1 saturated heterocycles. The summed E-state index contributed by atoms with van der Waals surface area (Å²) in [4.78, 5) is 13.5. The largest absolute Gasteiger partial charge is 0.494 e. The Morgan fingerprint density at radius 3 is 2.43 bits per heavy atom. The van der Waals surface area contributed by atoms with Gasteiger partial charge in [0.25, 0.3) is 0 Å². The molecule has 0 aliphatic carbocycles. The molecule has 8 heteroatoms. The summed E-state index contributed by atoms with van der Waals surface area (Å²) in [6.45, 7) is 4.01. The number of nitrogens with zero attached hydrogens (tertiary/aromatic N) is 2. The normalized spacial score (nSPS) is 15.4. The number of rotatable bonds is 8. The van der Waals surface area contributed by atoms with Crippen LogP contribution in [0.5, 0.6) is 5.75 Å². The van der Waals surface area contributed by atoms with E-state index in [1.54, 1.807) is 31.3 Å². The Kier molecular flexibility index (Phi) is 6.99. The molecule has 1 N–H and O–H groups in total. The predicted octanol–water partition coefficient (Wildman–Crippen LogP) is 3.21. The van der Waals surface area contributed by atoms with E-state index in [0.29, 0.717) is 38.3 Å². The number of piperidine rings is 1. The lowest BCUT2D eigenvalue weighted by atomic mass is 9.96. The van der Waals surface area contributed by atoms with Gasteiger partial charge in [0, 0.05) is 32.4 Å². The lowest BCUT2D eigenvalue weighted by molar-refractivity contribution is -0.142. The van der Waals surface area contributed by atoms with Gasteiger partial charge in [-0.05, 0) is 61.7 Å². The topological polar surface area (TPSA) is 87.2 Å². The second-order valence-electron chi connectivity index (χ2n) is 7.43. The Bertz CT molecular complexity index is 967. The van der Waals surface area contributed by atoms with Gasteiger partial charge in [0.05, 0.1) is 17.4 Å². The SMILES string of the molecule is CCOc1ccc(S(=O)(=O)N(C)Cc2cccc(N3CCC(C(=O)O)CC3)c2)cc1. The van der Waals surface area contributed by atoms with Crippen molar-refractivity contribution < 1.29 is 23.1 Å². The summed E-state index contributed by atoms with van der Waals surface area (Å²) >= 11 is 0. The number of benzene rings is 2. The number of carboxylic acids is 1. The zero-order valence-corrected chi connectivity index (χ0v) is 18.1. The van der Waals surface area contributed by atoms with Crippen LogP contribution in [-0.4, -0.2) is 50.5 Å². The van der Waals surface area contributed by atoms with Crippen LogP contribution in [0.2, 0.25) is 0 Å². The van der Waals surface area contributed by atoms with Crippen molar-refractivity contribution in [2.75, 3.05) is 31.6 Å². The predicted molar refractivity (Wildman–Crippen MR) is 115 cm³/mol. The second kappa shape index (κ2) is 9.49. The minimum absolute atomic E-state index is 0.223. The van der Waals surface area contributed by atoms with Crippen molar-refractivity contribution in [3.05, 3.63) is 54.1 Å². The number of sulfonamides is 1. The first kappa shape index (κ1) is 22.1. The summed E-state index contributed by atoms with van der Waals surface area (Å²) in [6.07, 6.45) is 1.23. The van der Waals surface area contributed by atoms with E-state index in [1.165, 1.54) is 4.31 Å². The van der Waals surface area contributed by atoms with E-state index in [-0.39, 0.29) is 17.4 Å². The third kappa shape index (κ3) is 5.12. The summed E-state index contributed by atoms with van der Waals surface area (Å²) in [7, 11) is -2.06. The summed E-state index contributed by atoms with van der Waals surface area (Å²) in [6, 6.07) is 14.2. The summed E-state index contributed by atoms with van der Waals surface area (Å²) in [5.41, 5.74) is 1.87. The van der Waals surface area contributed by atoms with Crippen LogP contribution in [0.15, 0.2) is 53.4 Å². The van der Waals surface area contributed by atoms with Crippen LogP contribution < -0.4 is 9.64 Å². The van der Waals surface area contributed by atoms with Gasteiger partial charge in [-0.15, -0.1) is 0 Å². The molecule has 3 rings (SSSR count). The fourth-order valence-electron chi connectivity index (χ4n) is 3.63. The Balaban J connectivity index is 1.68. The van der Waals surface area contributed by atoms with Crippen LogP contribution in [-0.2, 0) is 21.4 Å². The van der Waals surface area contributed by atoms with Crippen molar-refractivity contribution >= 4 is 21.7 Å². The highest BCUT2D eigenvalue weighted by Gasteiger charge is 2.25. The molecular formula is C22H28N2O5S. The van der Waals surface area contributed by atoms with E-state index in [9.17, 15) is 13.2 Å². The van der Waals surface area contributed by atoms with E-state index in [4.69, 9.17) is 9.84 Å². The van der Waals surface area contributed by atoms with E-state index in [1.807, 2.05) is 31.2 Å². The van der Waals surface area contributed by atoms with Crippen molar-refractivity contribution in [2.45, 2.75) is 31.2 Å². The lowest BCUT2D eigenvalue weighted by Gasteiger charge is -2.32. The molecule has 0 spiro atoms. The van der Waals surface area contributed by atoms with Crippen LogP contribution in [0.3, 0.4) is 0 Å². The summed E-state index contributed by atoms with van der Waals surface area (Å²) < 4.78 is 32.5. The average molecular weight is 433 g/mol. The molecule has 2 aromatic rings. The number of carbonyl (C=O) groups is 1. The van der Waals surface area contributed by atoms with Crippen molar-refractivity contribution in [3.63, 3.8) is 0 Å². The molecule has 0 atom stereocenters. The molecule has 2 aromatic carbocycles. The van der Waals surface area contributed by atoms with E-state index >= 15 is 0 Å². The van der Waals surface area contributed by atoms with Crippen LogP contribution in [0.4, 0.5) is 5.69 Å². The standard InChI is InChI=1S/C22H28N2O5S/c1-3-29-20-7-9-21(10-8-20)30(27,28)23(2)16-17-5-4-6-19(15-17)24-13-11-18(12-14-24)22(25)26/h4-10,15,18H,3,11-14,16H2,1-2H3,(H,25,26). The highest BCUT2D eigenvalue weighted by molar-refractivity contribution is 7.89. The first-order valence-corrected chi connectivity index (χ1v) is 11.5. The summed E-state index contributed by atoms with van der Waals surface area (Å²) in [5, 5.41) is 9.16. The molecule has 1 fully saturated rings. The minimum atomic E-state index is -3.62. The number of ether oxygens (including phenoxy) is 1. The van der Waals surface area contributed by atoms with E-state index < -0.39 is 16.0 Å². The number of anilines is 1. The zero-order valence-electron chi connectivity index (χ0n) is 17.3. The third-order valence-corrected chi connectivity index (χ3v) is 7.19. The van der Waals surface area contributed by atoms with Gasteiger partial charge in [-0.2, -0.15) is 4.31 Å². The smallest absolute Gasteiger partial charge is 0.306 e. The van der Waals surface area contributed by atoms with Gasteiger partial charge in [-0.3, -0.25) is 4.79 Å². The van der Waals surface area contributed by atoms with Crippen molar-refractivity contribution in [1.29, 1.82) is 0 Å². The van der Waals surface area contributed by atoms with Gasteiger partial charge in [-0.1, -0.05) is 12.1 Å². The molecule has 0 amide bonds. The maximum atomic E-state index is 12.9. The first-order valence-electron chi connectivity index (χ1n) is 10.1. The quantitative estimate of drug-likeness (QED) is 0.689. The Morgan fingerprint density at radius 1 is 1.17 bits per heavy atom. The third-order valence-electron chi connectivity index (χ3n) is 5.37. The molecule has 162 valence electrons. The molecule has 1 heterocycles. The molecular weight excluding hydrogens is 404 g/mol. The fourth-order valence-corrected chi connectivity index (χ4v) is 4.79. The lowest BCUT2D eigenvalue weighted by Crippen LogP contribution is -2.36. The van der Waals surface area contributed by atoms with Gasteiger partial charge in [0.2, 0.25) is 10.0 Å². The Hall–Kier alpha value is -2.58. The van der Waals surface area contributed by atoms with Gasteiger partial charge in [-0.25, -0.2) is 8.42 Å². The maximum Gasteiger partial charge on any atom is 0.306 e. The molecule has 7 nitrogen and oxygen atoms in total. The van der Waals surface area contributed by atoms with Crippen LogP contribution >= 0.6 is 0 Å². The number of hydrogen-bond donors (Lipinski definition) is 1. The molecule has 1 aliphatic rings. The van der Waals surface area contributed by atoms with E-state index in [0.717, 1.165) is 11.3 Å². The van der Waals surface area contributed by atoms with Crippen molar-refractivity contribution in [1.82, 2.24) is 4.31 Å². The molecule has 0 aromatic heterocycles. The monoisotopic (exact) mass is 432 g/mol. The van der Waals surface area contributed by atoms with Gasteiger partial charge >= 0.3 is 5.97 Å². The first-order chi connectivity index (χ1) is 14.3. The number of hydrogen-bond acceptors (Lipinski definition) is 5. The second-order valence-corrected chi connectivity index (χ2v) is 9.48. The van der Waals surface area contributed by atoms with Gasteiger partial charge in [0.1, 0.15) is 5.75 Å². The van der Waals surface area contributed by atoms with Gasteiger partial charge < -0.3 is 14.7 Å². The fraction of sp³-hybridized carbons (Fsp3) is 0.409. The molecule has 0 bridgehead atoms. The average Bonchev–Trinajstić information content (AvgIpc) is 2.74. The van der Waals surface area contributed by atoms with E-state index in [2.05, 4.69) is 4.90 Å². The highest BCUT2D eigenvalue weighted by Crippen LogP contribution is 2.26. The minimum Gasteiger partial charge on any atom is -0.494 e. The van der Waals surface area contributed by atoms with Crippen molar-refractivity contribution in [2.24, 2.45) is 5.92 Å². The number of carboxylic acid groups (broad SMARTS) is 1. The molecule has 0 unspecified atom stereocenters. The highest BCUT2D eigenvalue weighted by atomic mass is 32.2. The molecule has 1 aliphatic heterocycles. The van der Waals surface area contributed by atoms with Crippen LogP contribution in [0.25, 0.3) is 0 Å². The number of aliphatic carboxylic acids is 1. The Labute approximate surface area is 177 Å². The van der Waals surface area contributed by atoms with Crippen LogP contribution in [0.1, 0.15) is 25.3 Å². The van der Waals surface area contributed by atoms with Crippen LogP contribution in [0, 0.1) is 5.92 Å². The Morgan fingerprint density at radius 2 is 1.83 bits per heavy atom. The molecule has 0 saturated carbocycles. The summed E-state index contributed by atoms with van der Waals surface area (Å²) in [5.74, 6) is -0.377. The maximum absolute atomic E-state index is 12.9. The molecule has 30 heavy (non-hydrogen) atoms. The zero-order chi connectivity index (χ0) is 21.7. The van der Waals surface area contributed by atoms with Crippen molar-refractivity contribution in [3.8, 4) is 5.75 Å². The molecule has 0 radical (unpaired) electrons. The van der Waals surface area contributed by atoms with Gasteiger partial charge in [0.15, 0.2) is 0 Å².